The van der Waals surface area contributed by atoms with E-state index in [-0.39, 0.29) is 5.91 Å². The topological polar surface area (TPSA) is 50.4 Å². The number of para-hydroxylation sites is 1. The fourth-order valence-electron chi connectivity index (χ4n) is 1.61. The number of carbonyl (C=O) groups is 1. The molecule has 1 aromatic carbocycles. The molecular formula is C15H24N2O2. The Morgan fingerprint density at radius 1 is 1.32 bits per heavy atom. The Morgan fingerprint density at radius 3 is 2.74 bits per heavy atom. The molecule has 106 valence electrons. The lowest BCUT2D eigenvalue weighted by molar-refractivity contribution is -0.120. The van der Waals surface area contributed by atoms with Crippen molar-refractivity contribution in [1.82, 2.24) is 10.6 Å². The van der Waals surface area contributed by atoms with Crippen molar-refractivity contribution in [3.8, 4) is 5.75 Å². The molecule has 0 atom stereocenters. The highest BCUT2D eigenvalue weighted by Gasteiger charge is 2.05. The Kier molecular flexibility index (Phi) is 6.97. The predicted molar refractivity (Wildman–Crippen MR) is 77.2 cm³/mol. The van der Waals surface area contributed by atoms with Crippen LogP contribution in [0.1, 0.15) is 25.8 Å². The molecule has 0 spiro atoms. The zero-order valence-corrected chi connectivity index (χ0v) is 12.0. The van der Waals surface area contributed by atoms with Gasteiger partial charge in [-0.05, 0) is 25.5 Å². The minimum Gasteiger partial charge on any atom is -0.493 e. The minimum atomic E-state index is -0.0144. The van der Waals surface area contributed by atoms with E-state index in [1.807, 2.05) is 24.3 Å². The maximum absolute atomic E-state index is 11.4. The van der Waals surface area contributed by atoms with Gasteiger partial charge in [0, 0.05) is 12.1 Å². The Hall–Kier alpha value is -1.55. The maximum Gasteiger partial charge on any atom is 0.234 e. The molecule has 1 amide bonds. The molecule has 0 aliphatic carbocycles. The molecular weight excluding hydrogens is 240 g/mol. The second kappa shape index (κ2) is 8.53. The summed E-state index contributed by atoms with van der Waals surface area (Å²) in [6.45, 7) is 5.88. The molecule has 0 aliphatic heterocycles. The van der Waals surface area contributed by atoms with Crippen molar-refractivity contribution in [3.05, 3.63) is 29.8 Å². The second-order valence-corrected chi connectivity index (χ2v) is 4.95. The van der Waals surface area contributed by atoms with Crippen molar-refractivity contribution >= 4 is 5.91 Å². The van der Waals surface area contributed by atoms with Gasteiger partial charge in [-0.3, -0.25) is 4.79 Å². The Labute approximate surface area is 115 Å². The number of amides is 1. The molecule has 19 heavy (non-hydrogen) atoms. The number of likely N-dealkylation sites (N-methyl/N-ethyl adjacent to an activating group) is 1. The summed E-state index contributed by atoms with van der Waals surface area (Å²) in [4.78, 5) is 11.4. The largest absolute Gasteiger partial charge is 0.493 e. The van der Waals surface area contributed by atoms with Crippen LogP contribution in [0.25, 0.3) is 0 Å². The van der Waals surface area contributed by atoms with Crippen LogP contribution in [0.2, 0.25) is 0 Å². The molecule has 4 heteroatoms. The van der Waals surface area contributed by atoms with Crippen molar-refractivity contribution in [2.75, 3.05) is 20.2 Å². The molecule has 4 nitrogen and oxygen atoms in total. The number of ether oxygens (including phenoxy) is 1. The van der Waals surface area contributed by atoms with Crippen LogP contribution in [0.3, 0.4) is 0 Å². The van der Waals surface area contributed by atoms with E-state index in [9.17, 15) is 4.79 Å². The van der Waals surface area contributed by atoms with E-state index < -0.39 is 0 Å². The number of hydrogen-bond acceptors (Lipinski definition) is 3. The molecule has 1 rings (SSSR count). The van der Waals surface area contributed by atoms with Gasteiger partial charge in [0.1, 0.15) is 5.75 Å². The van der Waals surface area contributed by atoms with E-state index in [0.29, 0.717) is 25.6 Å². The van der Waals surface area contributed by atoms with Crippen LogP contribution < -0.4 is 15.4 Å². The SMILES string of the molecule is CNCC(=O)NCc1ccccc1OCCC(C)C. The predicted octanol–water partition coefficient (Wildman–Crippen LogP) is 1.95. The number of nitrogens with one attached hydrogen (secondary N) is 2. The van der Waals surface area contributed by atoms with Crippen LogP contribution in [-0.2, 0) is 11.3 Å². The van der Waals surface area contributed by atoms with Crippen LogP contribution in [-0.4, -0.2) is 26.1 Å². The fraction of sp³-hybridized carbons (Fsp3) is 0.533. The normalized spacial score (nSPS) is 10.5. The molecule has 0 aliphatic rings. The summed E-state index contributed by atoms with van der Waals surface area (Å²) in [5.74, 6) is 1.47. The van der Waals surface area contributed by atoms with Crippen molar-refractivity contribution in [2.24, 2.45) is 5.92 Å². The van der Waals surface area contributed by atoms with Gasteiger partial charge in [-0.1, -0.05) is 32.0 Å². The molecule has 0 heterocycles. The van der Waals surface area contributed by atoms with Gasteiger partial charge < -0.3 is 15.4 Å². The Balaban J connectivity index is 2.50. The summed E-state index contributed by atoms with van der Waals surface area (Å²) in [6, 6.07) is 7.82. The lowest BCUT2D eigenvalue weighted by Gasteiger charge is -2.13. The number of rotatable bonds is 8. The third-order valence-corrected chi connectivity index (χ3v) is 2.74. The van der Waals surface area contributed by atoms with Crippen molar-refractivity contribution in [3.63, 3.8) is 0 Å². The van der Waals surface area contributed by atoms with Crippen LogP contribution in [0.5, 0.6) is 5.75 Å². The summed E-state index contributed by atoms with van der Waals surface area (Å²) < 4.78 is 5.77. The van der Waals surface area contributed by atoms with Crippen LogP contribution >= 0.6 is 0 Å². The first-order chi connectivity index (χ1) is 9.13. The molecule has 0 radical (unpaired) electrons. The summed E-state index contributed by atoms with van der Waals surface area (Å²) in [5, 5.41) is 5.68. The zero-order chi connectivity index (χ0) is 14.1. The highest BCUT2D eigenvalue weighted by molar-refractivity contribution is 5.77. The molecule has 0 fully saturated rings. The van der Waals surface area contributed by atoms with Gasteiger partial charge in [0.15, 0.2) is 0 Å². The highest BCUT2D eigenvalue weighted by atomic mass is 16.5. The number of benzene rings is 1. The van der Waals surface area contributed by atoms with E-state index in [1.165, 1.54) is 0 Å². The fourth-order valence-corrected chi connectivity index (χ4v) is 1.61. The first-order valence-corrected chi connectivity index (χ1v) is 6.75. The Bertz CT molecular complexity index is 391. The second-order valence-electron chi connectivity index (χ2n) is 4.95. The first kappa shape index (κ1) is 15.5. The van der Waals surface area contributed by atoms with E-state index in [0.717, 1.165) is 17.7 Å². The van der Waals surface area contributed by atoms with Crippen LogP contribution in [0.15, 0.2) is 24.3 Å². The van der Waals surface area contributed by atoms with Crippen LogP contribution in [0, 0.1) is 5.92 Å². The molecule has 0 saturated heterocycles. The molecule has 0 bridgehead atoms. The van der Waals surface area contributed by atoms with Gasteiger partial charge in [-0.2, -0.15) is 0 Å². The van der Waals surface area contributed by atoms with E-state index in [2.05, 4.69) is 24.5 Å². The van der Waals surface area contributed by atoms with E-state index >= 15 is 0 Å². The number of hydrogen-bond donors (Lipinski definition) is 2. The van der Waals surface area contributed by atoms with Crippen molar-refractivity contribution < 1.29 is 9.53 Å². The monoisotopic (exact) mass is 264 g/mol. The standard InChI is InChI=1S/C15H24N2O2/c1-12(2)8-9-19-14-7-5-4-6-13(14)10-17-15(18)11-16-3/h4-7,12,16H,8-11H2,1-3H3,(H,17,18). The summed E-state index contributed by atoms with van der Waals surface area (Å²) in [5.41, 5.74) is 1.01. The molecule has 1 aromatic rings. The van der Waals surface area contributed by atoms with Gasteiger partial charge in [-0.25, -0.2) is 0 Å². The summed E-state index contributed by atoms with van der Waals surface area (Å²) in [6.07, 6.45) is 1.03. The van der Waals surface area contributed by atoms with Crippen molar-refractivity contribution in [2.45, 2.75) is 26.8 Å². The average molecular weight is 264 g/mol. The van der Waals surface area contributed by atoms with Gasteiger partial charge in [0.2, 0.25) is 5.91 Å². The third-order valence-electron chi connectivity index (χ3n) is 2.74. The lowest BCUT2D eigenvalue weighted by atomic mass is 10.1. The summed E-state index contributed by atoms with van der Waals surface area (Å²) in [7, 11) is 1.75. The molecule has 0 unspecified atom stereocenters. The smallest absolute Gasteiger partial charge is 0.234 e. The third kappa shape index (κ3) is 6.25. The summed E-state index contributed by atoms with van der Waals surface area (Å²) >= 11 is 0. The minimum absolute atomic E-state index is 0.0144. The average Bonchev–Trinajstić information content (AvgIpc) is 2.37. The van der Waals surface area contributed by atoms with E-state index in [1.54, 1.807) is 7.05 Å². The van der Waals surface area contributed by atoms with Gasteiger partial charge >= 0.3 is 0 Å². The van der Waals surface area contributed by atoms with Gasteiger partial charge in [0.05, 0.1) is 13.2 Å². The number of carbonyl (C=O) groups excluding carboxylic acids is 1. The highest BCUT2D eigenvalue weighted by Crippen LogP contribution is 2.18. The van der Waals surface area contributed by atoms with Gasteiger partial charge in [-0.15, -0.1) is 0 Å². The molecule has 0 saturated carbocycles. The first-order valence-electron chi connectivity index (χ1n) is 6.75. The van der Waals surface area contributed by atoms with Crippen molar-refractivity contribution in [1.29, 1.82) is 0 Å². The Morgan fingerprint density at radius 2 is 2.05 bits per heavy atom. The van der Waals surface area contributed by atoms with Crippen LogP contribution in [0.4, 0.5) is 0 Å². The molecule has 2 N–H and O–H groups in total. The quantitative estimate of drug-likeness (QED) is 0.754. The maximum atomic E-state index is 11.4. The molecule has 0 aromatic heterocycles. The van der Waals surface area contributed by atoms with E-state index in [4.69, 9.17) is 4.74 Å². The zero-order valence-electron chi connectivity index (χ0n) is 12.0. The lowest BCUT2D eigenvalue weighted by Crippen LogP contribution is -2.31. The van der Waals surface area contributed by atoms with Gasteiger partial charge in [0.25, 0.3) is 0 Å².